The van der Waals surface area contributed by atoms with Crippen molar-refractivity contribution >= 4 is 17.5 Å². The number of nitrogens with one attached hydrogen (secondary N) is 1. The highest BCUT2D eigenvalue weighted by Crippen LogP contribution is 2.24. The molecule has 1 amide bonds. The summed E-state index contributed by atoms with van der Waals surface area (Å²) in [4.78, 5) is 12.8. The summed E-state index contributed by atoms with van der Waals surface area (Å²) < 4.78 is 6.85. The van der Waals surface area contributed by atoms with Crippen molar-refractivity contribution in [3.05, 3.63) is 65.3 Å². The molecule has 1 heterocycles. The lowest BCUT2D eigenvalue weighted by molar-refractivity contribution is 0.0931. The standard InChI is InChI=1S/C21H22ClN3O2/c1-4-14(2)23-21(26)20-13-19(15-5-11-18(27-3)12-6-15)24-25(20)17-9-7-16(22)8-10-17/h5-14H,4H2,1-3H3,(H,23,26)/t14-/m0/s1. The third kappa shape index (κ3) is 4.31. The van der Waals surface area contributed by atoms with E-state index in [2.05, 4.69) is 10.4 Å². The van der Waals surface area contributed by atoms with E-state index in [1.54, 1.807) is 30.0 Å². The van der Waals surface area contributed by atoms with E-state index in [0.29, 0.717) is 16.4 Å². The van der Waals surface area contributed by atoms with E-state index in [9.17, 15) is 4.79 Å². The Balaban J connectivity index is 2.04. The van der Waals surface area contributed by atoms with E-state index in [0.717, 1.165) is 23.4 Å². The van der Waals surface area contributed by atoms with Gasteiger partial charge in [-0.2, -0.15) is 5.10 Å². The molecule has 3 rings (SSSR count). The molecule has 5 nitrogen and oxygen atoms in total. The molecule has 0 fully saturated rings. The van der Waals surface area contributed by atoms with Gasteiger partial charge in [0.2, 0.25) is 0 Å². The number of ether oxygens (including phenoxy) is 1. The molecular formula is C21H22ClN3O2. The van der Waals surface area contributed by atoms with Gasteiger partial charge in [0.05, 0.1) is 18.5 Å². The summed E-state index contributed by atoms with van der Waals surface area (Å²) in [6, 6.07) is 16.7. The highest BCUT2D eigenvalue weighted by molar-refractivity contribution is 6.30. The summed E-state index contributed by atoms with van der Waals surface area (Å²) in [6.07, 6.45) is 0.853. The number of carbonyl (C=O) groups is 1. The Bertz CT molecular complexity index is 918. The molecule has 1 atom stereocenters. The van der Waals surface area contributed by atoms with Crippen LogP contribution in [0.2, 0.25) is 5.02 Å². The molecule has 27 heavy (non-hydrogen) atoms. The topological polar surface area (TPSA) is 56.1 Å². The second-order valence-corrected chi connectivity index (χ2v) is 6.75. The molecule has 0 radical (unpaired) electrons. The molecular weight excluding hydrogens is 362 g/mol. The number of halogens is 1. The van der Waals surface area contributed by atoms with Gasteiger partial charge < -0.3 is 10.1 Å². The minimum Gasteiger partial charge on any atom is -0.497 e. The van der Waals surface area contributed by atoms with Gasteiger partial charge in [0, 0.05) is 16.6 Å². The zero-order valence-electron chi connectivity index (χ0n) is 15.6. The third-order valence-corrected chi connectivity index (χ3v) is 4.64. The Morgan fingerprint density at radius 3 is 2.44 bits per heavy atom. The molecule has 0 aliphatic rings. The number of hydrogen-bond donors (Lipinski definition) is 1. The van der Waals surface area contributed by atoms with E-state index in [1.165, 1.54) is 0 Å². The van der Waals surface area contributed by atoms with Crippen molar-refractivity contribution in [1.29, 1.82) is 0 Å². The SMILES string of the molecule is CC[C@H](C)NC(=O)c1cc(-c2ccc(OC)cc2)nn1-c1ccc(Cl)cc1. The highest BCUT2D eigenvalue weighted by Gasteiger charge is 2.19. The van der Waals surface area contributed by atoms with Gasteiger partial charge in [-0.3, -0.25) is 4.79 Å². The van der Waals surface area contributed by atoms with Crippen molar-refractivity contribution in [1.82, 2.24) is 15.1 Å². The van der Waals surface area contributed by atoms with Crippen molar-refractivity contribution in [3.63, 3.8) is 0 Å². The molecule has 140 valence electrons. The second kappa shape index (κ2) is 8.27. The van der Waals surface area contributed by atoms with Crippen LogP contribution in [0, 0.1) is 0 Å². The maximum Gasteiger partial charge on any atom is 0.270 e. The Labute approximate surface area is 163 Å². The first-order valence-electron chi connectivity index (χ1n) is 8.83. The average molecular weight is 384 g/mol. The molecule has 3 aromatic rings. The van der Waals surface area contributed by atoms with Crippen LogP contribution in [-0.2, 0) is 0 Å². The number of aromatic nitrogens is 2. The smallest absolute Gasteiger partial charge is 0.270 e. The molecule has 2 aromatic carbocycles. The minimum atomic E-state index is -0.161. The molecule has 0 unspecified atom stereocenters. The molecule has 1 N–H and O–H groups in total. The highest BCUT2D eigenvalue weighted by atomic mass is 35.5. The van der Waals surface area contributed by atoms with E-state index in [1.807, 2.05) is 50.2 Å². The quantitative estimate of drug-likeness (QED) is 0.669. The largest absolute Gasteiger partial charge is 0.497 e. The molecule has 0 saturated heterocycles. The summed E-state index contributed by atoms with van der Waals surface area (Å²) in [5.74, 6) is 0.609. The van der Waals surface area contributed by atoms with Gasteiger partial charge in [0.15, 0.2) is 0 Å². The summed E-state index contributed by atoms with van der Waals surface area (Å²) in [5.41, 5.74) is 2.86. The Kier molecular flexibility index (Phi) is 5.81. The number of nitrogens with zero attached hydrogens (tertiary/aromatic N) is 2. The Morgan fingerprint density at radius 1 is 1.19 bits per heavy atom. The van der Waals surface area contributed by atoms with E-state index in [-0.39, 0.29) is 11.9 Å². The minimum absolute atomic E-state index is 0.0792. The summed E-state index contributed by atoms with van der Waals surface area (Å²) in [7, 11) is 1.63. The van der Waals surface area contributed by atoms with Crippen molar-refractivity contribution in [2.24, 2.45) is 0 Å². The lowest BCUT2D eigenvalue weighted by Gasteiger charge is -2.12. The Hall–Kier alpha value is -2.79. The number of hydrogen-bond acceptors (Lipinski definition) is 3. The fourth-order valence-corrected chi connectivity index (χ4v) is 2.75. The number of methoxy groups -OCH3 is 1. The number of amides is 1. The Morgan fingerprint density at radius 2 is 1.85 bits per heavy atom. The van der Waals surface area contributed by atoms with Gasteiger partial charge in [-0.15, -0.1) is 0 Å². The van der Waals surface area contributed by atoms with E-state index < -0.39 is 0 Å². The molecule has 1 aromatic heterocycles. The van der Waals surface area contributed by atoms with Gasteiger partial charge >= 0.3 is 0 Å². The molecule has 0 spiro atoms. The second-order valence-electron chi connectivity index (χ2n) is 6.31. The molecule has 0 aliphatic carbocycles. The van der Waals surface area contributed by atoms with Crippen molar-refractivity contribution in [3.8, 4) is 22.7 Å². The molecule has 0 bridgehead atoms. The van der Waals surface area contributed by atoms with Gasteiger partial charge in [0.25, 0.3) is 5.91 Å². The number of rotatable bonds is 6. The lowest BCUT2D eigenvalue weighted by Crippen LogP contribution is -2.33. The van der Waals surface area contributed by atoms with Crippen LogP contribution in [0.4, 0.5) is 0 Å². The summed E-state index contributed by atoms with van der Waals surface area (Å²) in [6.45, 7) is 4.01. The number of carbonyl (C=O) groups excluding carboxylic acids is 1. The zero-order valence-corrected chi connectivity index (χ0v) is 16.3. The normalized spacial score (nSPS) is 11.9. The van der Waals surface area contributed by atoms with Crippen LogP contribution in [-0.4, -0.2) is 28.8 Å². The van der Waals surface area contributed by atoms with Crippen molar-refractivity contribution in [2.45, 2.75) is 26.3 Å². The third-order valence-electron chi connectivity index (χ3n) is 4.39. The number of benzene rings is 2. The van der Waals surface area contributed by atoms with Crippen LogP contribution in [0.1, 0.15) is 30.8 Å². The average Bonchev–Trinajstić information content (AvgIpc) is 3.14. The molecule has 0 aliphatic heterocycles. The van der Waals surface area contributed by atoms with Gasteiger partial charge in [-0.05, 0) is 67.9 Å². The van der Waals surface area contributed by atoms with Crippen LogP contribution in [0.15, 0.2) is 54.6 Å². The van der Waals surface area contributed by atoms with Gasteiger partial charge in [-0.25, -0.2) is 4.68 Å². The summed E-state index contributed by atoms with van der Waals surface area (Å²) in [5, 5.41) is 8.30. The fourth-order valence-electron chi connectivity index (χ4n) is 2.62. The maximum absolute atomic E-state index is 12.8. The van der Waals surface area contributed by atoms with Crippen LogP contribution >= 0.6 is 11.6 Å². The van der Waals surface area contributed by atoms with E-state index >= 15 is 0 Å². The zero-order chi connectivity index (χ0) is 19.4. The molecule has 6 heteroatoms. The van der Waals surface area contributed by atoms with E-state index in [4.69, 9.17) is 16.3 Å². The van der Waals surface area contributed by atoms with Crippen molar-refractivity contribution < 1.29 is 9.53 Å². The predicted octanol–water partition coefficient (Wildman–Crippen LogP) is 4.73. The van der Waals surface area contributed by atoms with Crippen molar-refractivity contribution in [2.75, 3.05) is 7.11 Å². The van der Waals surface area contributed by atoms with Gasteiger partial charge in [-0.1, -0.05) is 18.5 Å². The van der Waals surface area contributed by atoms with Crippen LogP contribution in [0.5, 0.6) is 5.75 Å². The first-order chi connectivity index (χ1) is 13.0. The first-order valence-corrected chi connectivity index (χ1v) is 9.21. The fraction of sp³-hybridized carbons (Fsp3) is 0.238. The van der Waals surface area contributed by atoms with Crippen LogP contribution in [0.3, 0.4) is 0 Å². The first kappa shape index (κ1) is 19.0. The monoisotopic (exact) mass is 383 g/mol. The lowest BCUT2D eigenvalue weighted by atomic mass is 10.1. The summed E-state index contributed by atoms with van der Waals surface area (Å²) >= 11 is 6.00. The van der Waals surface area contributed by atoms with Crippen LogP contribution < -0.4 is 10.1 Å². The maximum atomic E-state index is 12.8. The predicted molar refractivity (Wildman–Crippen MR) is 108 cm³/mol. The van der Waals surface area contributed by atoms with Crippen LogP contribution in [0.25, 0.3) is 16.9 Å². The van der Waals surface area contributed by atoms with Gasteiger partial charge in [0.1, 0.15) is 11.4 Å². The molecule has 0 saturated carbocycles.